The van der Waals surface area contributed by atoms with Crippen molar-refractivity contribution < 1.29 is 18.7 Å². The Morgan fingerprint density at radius 2 is 1.80 bits per heavy atom. The molecule has 0 unspecified atom stereocenters. The van der Waals surface area contributed by atoms with Crippen LogP contribution < -0.4 is 4.90 Å². The highest BCUT2D eigenvalue weighted by atomic mass is 28.4. The van der Waals surface area contributed by atoms with Gasteiger partial charge in [-0.15, -0.1) is 5.10 Å². The van der Waals surface area contributed by atoms with E-state index in [0.717, 1.165) is 51.8 Å². The second-order valence-electron chi connectivity index (χ2n) is 11.9. The first-order valence-corrected chi connectivity index (χ1v) is 17.5. The molecule has 214 valence electrons. The number of aromatic nitrogens is 3. The minimum absolute atomic E-state index is 0.00150. The van der Waals surface area contributed by atoms with Gasteiger partial charge in [0.25, 0.3) is 5.91 Å². The Bertz CT molecular complexity index is 1560. The van der Waals surface area contributed by atoms with Gasteiger partial charge >= 0.3 is 0 Å². The number of ether oxygens (including phenoxy) is 1. The van der Waals surface area contributed by atoms with Crippen LogP contribution in [0.1, 0.15) is 41.4 Å². The number of benzene rings is 3. The van der Waals surface area contributed by atoms with Crippen molar-refractivity contribution in [3.05, 3.63) is 83.7 Å². The summed E-state index contributed by atoms with van der Waals surface area (Å²) in [5.41, 5.74) is 4.30. The molecule has 1 N–H and O–H groups in total. The Balaban J connectivity index is 1.15. The monoisotopic (exact) mass is 572 g/mol. The van der Waals surface area contributed by atoms with Crippen molar-refractivity contribution in [3.8, 4) is 0 Å². The van der Waals surface area contributed by atoms with Crippen LogP contribution >= 0.6 is 0 Å². The van der Waals surface area contributed by atoms with Gasteiger partial charge in [0.05, 0.1) is 29.2 Å². The Kier molecular flexibility index (Phi) is 7.52. The Morgan fingerprint density at radius 3 is 2.59 bits per heavy atom. The van der Waals surface area contributed by atoms with E-state index in [1.807, 2.05) is 59.6 Å². The van der Waals surface area contributed by atoms with Crippen molar-refractivity contribution in [1.29, 1.82) is 0 Å². The SMILES string of the molecule is C[C@@H]1[C@@H]([Si](C)(C)F)[C@H](CCn2cc(CCO)nn2)O[C@@H]1CCc1cccc(N2C(=O)c3cccc4cccc2c34)c1. The summed E-state index contributed by atoms with van der Waals surface area (Å²) in [6.07, 6.45) is 4.35. The average molecular weight is 573 g/mol. The summed E-state index contributed by atoms with van der Waals surface area (Å²) in [5, 5.41) is 19.5. The van der Waals surface area contributed by atoms with Crippen molar-refractivity contribution >= 4 is 36.5 Å². The lowest BCUT2D eigenvalue weighted by Crippen LogP contribution is -2.36. The number of aliphatic hydroxyl groups is 1. The van der Waals surface area contributed by atoms with Gasteiger partial charge in [-0.1, -0.05) is 48.5 Å². The zero-order valence-electron chi connectivity index (χ0n) is 23.8. The Hall–Kier alpha value is -3.40. The molecule has 3 heterocycles. The molecule has 1 amide bonds. The molecule has 7 nitrogen and oxygen atoms in total. The molecule has 4 aromatic rings. The topological polar surface area (TPSA) is 80.5 Å². The molecule has 3 aromatic carbocycles. The summed E-state index contributed by atoms with van der Waals surface area (Å²) >= 11 is 0. The Morgan fingerprint density at radius 1 is 1.02 bits per heavy atom. The molecule has 41 heavy (non-hydrogen) atoms. The highest BCUT2D eigenvalue weighted by molar-refractivity contribution is 6.72. The van der Waals surface area contributed by atoms with Crippen LogP contribution in [-0.2, 0) is 24.1 Å². The zero-order chi connectivity index (χ0) is 28.7. The molecule has 1 fully saturated rings. The van der Waals surface area contributed by atoms with Gasteiger partial charge in [-0.3, -0.25) is 14.4 Å². The molecule has 2 aliphatic rings. The van der Waals surface area contributed by atoms with Crippen LogP contribution in [0.15, 0.2) is 66.9 Å². The van der Waals surface area contributed by atoms with Gasteiger partial charge in [-0.05, 0) is 73.5 Å². The quantitative estimate of drug-likeness (QED) is 0.180. The summed E-state index contributed by atoms with van der Waals surface area (Å²) in [5.74, 6) is 0.112. The van der Waals surface area contributed by atoms with Gasteiger partial charge in [0.2, 0.25) is 8.41 Å². The van der Waals surface area contributed by atoms with Crippen LogP contribution in [0.3, 0.4) is 0 Å². The largest absolute Gasteiger partial charge is 0.396 e. The first-order valence-electron chi connectivity index (χ1n) is 14.5. The van der Waals surface area contributed by atoms with E-state index >= 15 is 4.11 Å². The van der Waals surface area contributed by atoms with Gasteiger partial charge in [0, 0.05) is 42.4 Å². The van der Waals surface area contributed by atoms with Gasteiger partial charge in [-0.25, -0.2) is 0 Å². The normalized spacial score (nSPS) is 22.3. The molecular weight excluding hydrogens is 535 g/mol. The second kappa shape index (κ2) is 11.1. The van der Waals surface area contributed by atoms with Crippen molar-refractivity contribution in [2.45, 2.75) is 70.0 Å². The number of rotatable bonds is 10. The molecule has 0 radical (unpaired) electrons. The number of hydrogen-bond acceptors (Lipinski definition) is 5. The molecule has 0 spiro atoms. The van der Waals surface area contributed by atoms with Crippen molar-refractivity contribution in [3.63, 3.8) is 0 Å². The van der Waals surface area contributed by atoms with Crippen LogP contribution in [0, 0.1) is 5.92 Å². The van der Waals surface area contributed by atoms with Crippen molar-refractivity contribution in [2.75, 3.05) is 11.5 Å². The number of halogens is 1. The average Bonchev–Trinajstić information content (AvgIpc) is 3.62. The third-order valence-corrected chi connectivity index (χ3v) is 11.2. The number of carbonyl (C=O) groups is 1. The van der Waals surface area contributed by atoms with E-state index in [-0.39, 0.29) is 36.2 Å². The van der Waals surface area contributed by atoms with E-state index in [0.29, 0.717) is 19.4 Å². The second-order valence-corrected chi connectivity index (χ2v) is 15.7. The highest BCUT2D eigenvalue weighted by Crippen LogP contribution is 2.47. The number of amides is 1. The summed E-state index contributed by atoms with van der Waals surface area (Å²) < 4.78 is 23.9. The lowest BCUT2D eigenvalue weighted by atomic mass is 9.95. The maximum Gasteiger partial charge on any atom is 0.263 e. The van der Waals surface area contributed by atoms with Crippen LogP contribution in [0.4, 0.5) is 15.5 Å². The van der Waals surface area contributed by atoms with Crippen molar-refractivity contribution in [1.82, 2.24) is 15.0 Å². The third-order valence-electron chi connectivity index (χ3n) is 8.74. The predicted molar refractivity (Wildman–Crippen MR) is 161 cm³/mol. The van der Waals surface area contributed by atoms with Crippen LogP contribution in [0.25, 0.3) is 10.8 Å². The predicted octanol–water partition coefficient (Wildman–Crippen LogP) is 6.23. The smallest absolute Gasteiger partial charge is 0.263 e. The third kappa shape index (κ3) is 5.34. The molecule has 0 saturated carbocycles. The van der Waals surface area contributed by atoms with Gasteiger partial charge in [-0.2, -0.15) is 0 Å². The lowest BCUT2D eigenvalue weighted by molar-refractivity contribution is 0.0247. The van der Waals surface area contributed by atoms with E-state index in [1.165, 1.54) is 0 Å². The number of aliphatic hydroxyl groups excluding tert-OH is 1. The summed E-state index contributed by atoms with van der Waals surface area (Å²) in [6, 6.07) is 20.1. The first kappa shape index (κ1) is 27.8. The molecule has 1 saturated heterocycles. The van der Waals surface area contributed by atoms with Crippen LogP contribution in [-0.4, -0.2) is 53.2 Å². The van der Waals surface area contributed by atoms with Crippen molar-refractivity contribution in [2.24, 2.45) is 5.92 Å². The minimum atomic E-state index is -2.98. The molecule has 4 atom stereocenters. The highest BCUT2D eigenvalue weighted by Gasteiger charge is 2.50. The van der Waals surface area contributed by atoms with Crippen LogP contribution in [0.5, 0.6) is 0 Å². The maximum absolute atomic E-state index is 15.6. The summed E-state index contributed by atoms with van der Waals surface area (Å²) in [4.78, 5) is 15.2. The summed E-state index contributed by atoms with van der Waals surface area (Å²) in [6.45, 7) is 6.35. The number of aryl methyl sites for hydroxylation is 2. The van der Waals surface area contributed by atoms with Crippen LogP contribution in [0.2, 0.25) is 18.6 Å². The van der Waals surface area contributed by atoms with Gasteiger partial charge < -0.3 is 14.0 Å². The summed E-state index contributed by atoms with van der Waals surface area (Å²) in [7, 11) is -2.98. The van der Waals surface area contributed by atoms with Gasteiger partial charge in [0.1, 0.15) is 0 Å². The lowest BCUT2D eigenvalue weighted by Gasteiger charge is -2.28. The number of anilines is 2. The fourth-order valence-corrected chi connectivity index (χ4v) is 9.51. The zero-order valence-corrected chi connectivity index (χ0v) is 24.8. The molecule has 2 aliphatic heterocycles. The first-order chi connectivity index (χ1) is 19.7. The number of carbonyl (C=O) groups excluding carboxylic acids is 1. The van der Waals surface area contributed by atoms with E-state index < -0.39 is 8.41 Å². The van der Waals surface area contributed by atoms with E-state index in [9.17, 15) is 4.79 Å². The molecular formula is C32H37FN4O3Si. The molecule has 6 rings (SSSR count). The molecule has 1 aromatic heterocycles. The number of nitrogens with zero attached hydrogens (tertiary/aromatic N) is 4. The molecule has 0 aliphatic carbocycles. The molecule has 0 bridgehead atoms. The Labute approximate surface area is 241 Å². The standard InChI is InChI=1S/C32H37FN4O3Si/c1-21-28(40-29(31(21)41(2,3)33)15-17-36-20-24(16-18-38)34-35-36)14-13-22-7-4-10-25(19-22)37-27-12-6-9-23-8-5-11-26(30(23)27)32(37)39/h4-12,19-21,28-29,31,38H,13-18H2,1-3H3/t21-,28+,29-,31+/m0/s1. The number of hydrogen-bond donors (Lipinski definition) is 1. The van der Waals surface area contributed by atoms with E-state index in [1.54, 1.807) is 17.8 Å². The fourth-order valence-electron chi connectivity index (χ4n) is 6.92. The fraction of sp³-hybridized carbons (Fsp3) is 0.406. The van der Waals surface area contributed by atoms with Gasteiger partial charge in [0.15, 0.2) is 0 Å². The van der Waals surface area contributed by atoms with E-state index in [2.05, 4.69) is 29.4 Å². The molecule has 9 heteroatoms. The minimum Gasteiger partial charge on any atom is -0.396 e. The maximum atomic E-state index is 15.6. The van der Waals surface area contributed by atoms with E-state index in [4.69, 9.17) is 9.84 Å².